The molecule has 0 saturated heterocycles. The number of hydrogen-bond donors (Lipinski definition) is 0. The lowest BCUT2D eigenvalue weighted by molar-refractivity contribution is 1.14. The van der Waals surface area contributed by atoms with Crippen molar-refractivity contribution in [2.45, 2.75) is 16.7 Å². The number of hydrogen-bond acceptors (Lipinski definition) is 4. The second-order valence-electron chi connectivity index (χ2n) is 7.25. The predicted molar refractivity (Wildman–Crippen MR) is 121 cm³/mol. The van der Waals surface area contributed by atoms with Crippen LogP contribution in [0.15, 0.2) is 95.0 Å². The summed E-state index contributed by atoms with van der Waals surface area (Å²) in [5.74, 6) is 0. The molecule has 0 atom stereocenters. The maximum atomic E-state index is 4.70. The summed E-state index contributed by atoms with van der Waals surface area (Å²) in [4.78, 5) is 14.1. The number of nitrogens with zero attached hydrogens (tertiary/aromatic N) is 3. The number of aryl methyl sites for hydroxylation is 1. The molecule has 6 rings (SSSR count). The highest BCUT2D eigenvalue weighted by Gasteiger charge is 2.29. The molecular weight excluding hydrogens is 374 g/mol. The van der Waals surface area contributed by atoms with Crippen molar-refractivity contribution in [1.82, 2.24) is 9.97 Å². The molecule has 29 heavy (non-hydrogen) atoms. The molecule has 0 spiro atoms. The van der Waals surface area contributed by atoms with Crippen molar-refractivity contribution in [3.63, 3.8) is 0 Å². The standard InChI is InChI=1S/C25H17N3S/c1-16-10-12-17(13-11-16)28-24-18-6-2-4-8-20(18)26-14-22(24)29-23-15-27-21-9-5-3-7-19(21)25(23)28/h2-15H,1H3. The van der Waals surface area contributed by atoms with Crippen LogP contribution in [0.25, 0.3) is 21.8 Å². The zero-order valence-electron chi connectivity index (χ0n) is 15.8. The number of aromatic nitrogens is 2. The average molecular weight is 391 g/mol. The molecule has 0 radical (unpaired) electrons. The average Bonchev–Trinajstić information content (AvgIpc) is 2.78. The van der Waals surface area contributed by atoms with Crippen molar-refractivity contribution in [1.29, 1.82) is 0 Å². The number of rotatable bonds is 1. The smallest absolute Gasteiger partial charge is 0.0723 e. The number of para-hydroxylation sites is 2. The van der Waals surface area contributed by atoms with Gasteiger partial charge in [0.2, 0.25) is 0 Å². The predicted octanol–water partition coefficient (Wildman–Crippen LogP) is 7.03. The first-order valence-corrected chi connectivity index (χ1v) is 10.4. The minimum absolute atomic E-state index is 1.01. The Balaban J connectivity index is 1.75. The highest BCUT2D eigenvalue weighted by molar-refractivity contribution is 7.99. The van der Waals surface area contributed by atoms with Crippen LogP contribution in [0.2, 0.25) is 0 Å². The molecule has 0 unspecified atom stereocenters. The molecule has 4 heteroatoms. The molecular formula is C25H17N3S. The SMILES string of the molecule is Cc1ccc(N2c3c(cnc4ccccc34)Sc3cnc4ccccc4c32)cc1. The van der Waals surface area contributed by atoms with Crippen molar-refractivity contribution in [3.8, 4) is 0 Å². The number of benzene rings is 3. The zero-order valence-corrected chi connectivity index (χ0v) is 16.6. The molecule has 0 bridgehead atoms. The third-order valence-corrected chi connectivity index (χ3v) is 6.42. The van der Waals surface area contributed by atoms with Crippen molar-refractivity contribution in [2.24, 2.45) is 0 Å². The molecule has 3 heterocycles. The van der Waals surface area contributed by atoms with E-state index in [4.69, 9.17) is 9.97 Å². The Morgan fingerprint density at radius 2 is 1.17 bits per heavy atom. The maximum absolute atomic E-state index is 4.70. The van der Waals surface area contributed by atoms with Crippen molar-refractivity contribution in [3.05, 3.63) is 90.8 Å². The van der Waals surface area contributed by atoms with E-state index in [2.05, 4.69) is 72.5 Å². The second-order valence-corrected chi connectivity index (χ2v) is 8.33. The fourth-order valence-electron chi connectivity index (χ4n) is 4.01. The Labute approximate surface area is 173 Å². The van der Waals surface area contributed by atoms with Crippen LogP contribution in [0.4, 0.5) is 17.1 Å². The largest absolute Gasteiger partial charge is 0.307 e. The minimum atomic E-state index is 1.01. The highest BCUT2D eigenvalue weighted by atomic mass is 32.2. The number of pyridine rings is 2. The molecule has 0 fully saturated rings. The van der Waals surface area contributed by atoms with Crippen molar-refractivity contribution < 1.29 is 0 Å². The Morgan fingerprint density at radius 1 is 0.655 bits per heavy atom. The van der Waals surface area contributed by atoms with Crippen molar-refractivity contribution in [2.75, 3.05) is 4.90 Å². The summed E-state index contributed by atoms with van der Waals surface area (Å²) in [6.07, 6.45) is 3.98. The van der Waals surface area contributed by atoms with E-state index in [1.54, 1.807) is 11.8 Å². The van der Waals surface area contributed by atoms with E-state index in [0.717, 1.165) is 37.3 Å². The summed E-state index contributed by atoms with van der Waals surface area (Å²) >= 11 is 1.75. The fourth-order valence-corrected chi connectivity index (χ4v) is 5.05. The lowest BCUT2D eigenvalue weighted by Crippen LogP contribution is -2.16. The third-order valence-electron chi connectivity index (χ3n) is 5.39. The van der Waals surface area contributed by atoms with Crippen LogP contribution in [-0.2, 0) is 0 Å². The fraction of sp³-hybridized carbons (Fsp3) is 0.0400. The summed E-state index contributed by atoms with van der Waals surface area (Å²) in [6, 6.07) is 25.5. The van der Waals surface area contributed by atoms with Crippen LogP contribution in [-0.4, -0.2) is 9.97 Å². The Morgan fingerprint density at radius 3 is 1.72 bits per heavy atom. The van der Waals surface area contributed by atoms with Crippen LogP contribution in [0.5, 0.6) is 0 Å². The van der Waals surface area contributed by atoms with Gasteiger partial charge in [0.25, 0.3) is 0 Å². The quantitative estimate of drug-likeness (QED) is 0.301. The van der Waals surface area contributed by atoms with E-state index in [-0.39, 0.29) is 0 Å². The van der Waals surface area contributed by atoms with E-state index >= 15 is 0 Å². The minimum Gasteiger partial charge on any atom is -0.307 e. The van der Waals surface area contributed by atoms with Gasteiger partial charge in [-0.3, -0.25) is 9.97 Å². The topological polar surface area (TPSA) is 29.0 Å². The normalized spacial score (nSPS) is 12.8. The lowest BCUT2D eigenvalue weighted by atomic mass is 10.1. The van der Waals surface area contributed by atoms with Crippen LogP contribution in [0.3, 0.4) is 0 Å². The van der Waals surface area contributed by atoms with Gasteiger partial charge in [-0.2, -0.15) is 0 Å². The first-order valence-electron chi connectivity index (χ1n) is 9.60. The van der Waals surface area contributed by atoms with Gasteiger partial charge in [0.05, 0.1) is 32.2 Å². The van der Waals surface area contributed by atoms with Gasteiger partial charge in [-0.15, -0.1) is 0 Å². The summed E-state index contributed by atoms with van der Waals surface area (Å²) in [6.45, 7) is 2.12. The van der Waals surface area contributed by atoms with Gasteiger partial charge in [0, 0.05) is 28.9 Å². The number of anilines is 3. The van der Waals surface area contributed by atoms with E-state index < -0.39 is 0 Å². The molecule has 0 aliphatic carbocycles. The maximum Gasteiger partial charge on any atom is 0.0723 e. The van der Waals surface area contributed by atoms with Gasteiger partial charge in [-0.05, 0) is 31.2 Å². The molecule has 0 N–H and O–H groups in total. The van der Waals surface area contributed by atoms with Gasteiger partial charge in [-0.1, -0.05) is 65.9 Å². The van der Waals surface area contributed by atoms with Crippen molar-refractivity contribution >= 4 is 50.6 Å². The number of fused-ring (bicyclic) bond motifs is 6. The van der Waals surface area contributed by atoms with Crippen LogP contribution < -0.4 is 4.90 Å². The first kappa shape index (κ1) is 16.6. The summed E-state index contributed by atoms with van der Waals surface area (Å²) < 4.78 is 0. The van der Waals surface area contributed by atoms with E-state index in [0.29, 0.717) is 0 Å². The van der Waals surface area contributed by atoms with Crippen LogP contribution in [0, 0.1) is 6.92 Å². The zero-order chi connectivity index (χ0) is 19.4. The Hall–Kier alpha value is -3.37. The first-order chi connectivity index (χ1) is 14.3. The third kappa shape index (κ3) is 2.53. The Kier molecular flexibility index (Phi) is 3.61. The van der Waals surface area contributed by atoms with Gasteiger partial charge in [-0.25, -0.2) is 0 Å². The molecule has 0 amide bonds. The van der Waals surface area contributed by atoms with Crippen LogP contribution in [0.1, 0.15) is 5.56 Å². The van der Waals surface area contributed by atoms with Gasteiger partial charge < -0.3 is 4.90 Å². The van der Waals surface area contributed by atoms with Gasteiger partial charge >= 0.3 is 0 Å². The molecule has 138 valence electrons. The van der Waals surface area contributed by atoms with E-state index in [9.17, 15) is 0 Å². The summed E-state index contributed by atoms with van der Waals surface area (Å²) in [5.41, 5.74) is 6.78. The van der Waals surface area contributed by atoms with E-state index in [1.165, 1.54) is 16.9 Å². The molecule has 5 aromatic rings. The van der Waals surface area contributed by atoms with Gasteiger partial charge in [0.15, 0.2) is 0 Å². The molecule has 3 nitrogen and oxygen atoms in total. The molecule has 1 aliphatic rings. The highest BCUT2D eigenvalue weighted by Crippen LogP contribution is 2.55. The van der Waals surface area contributed by atoms with Gasteiger partial charge in [0.1, 0.15) is 0 Å². The molecule has 0 saturated carbocycles. The monoisotopic (exact) mass is 391 g/mol. The molecule has 2 aromatic heterocycles. The molecule has 3 aromatic carbocycles. The summed E-state index contributed by atoms with van der Waals surface area (Å²) in [5, 5.41) is 2.31. The van der Waals surface area contributed by atoms with Crippen LogP contribution >= 0.6 is 11.8 Å². The summed E-state index contributed by atoms with van der Waals surface area (Å²) in [7, 11) is 0. The Bertz CT molecular complexity index is 1310. The second kappa shape index (κ2) is 6.33. The van der Waals surface area contributed by atoms with E-state index in [1.807, 2.05) is 24.5 Å². The molecule has 1 aliphatic heterocycles. The lowest BCUT2D eigenvalue weighted by Gasteiger charge is -2.34.